The molecule has 1 aromatic heterocycles. The molecule has 0 radical (unpaired) electrons. The SMILES string of the molecule is Clc1ncc(Cl)c(Nc2ccccc2Br)n1. The van der Waals surface area contributed by atoms with Gasteiger partial charge in [0.2, 0.25) is 5.28 Å². The van der Waals surface area contributed by atoms with Gasteiger partial charge in [0.15, 0.2) is 5.82 Å². The maximum Gasteiger partial charge on any atom is 0.224 e. The van der Waals surface area contributed by atoms with Gasteiger partial charge in [-0.05, 0) is 39.7 Å². The average molecular weight is 319 g/mol. The second kappa shape index (κ2) is 4.99. The number of halogens is 3. The number of anilines is 2. The van der Waals surface area contributed by atoms with Crippen LogP contribution in [0.2, 0.25) is 10.3 Å². The zero-order chi connectivity index (χ0) is 11.5. The smallest absolute Gasteiger partial charge is 0.224 e. The minimum atomic E-state index is 0.152. The molecule has 0 spiro atoms. The Hall–Kier alpha value is -0.840. The van der Waals surface area contributed by atoms with E-state index in [1.165, 1.54) is 6.20 Å². The molecule has 0 aliphatic heterocycles. The van der Waals surface area contributed by atoms with Crippen molar-refractivity contribution in [1.82, 2.24) is 9.97 Å². The number of hydrogen-bond acceptors (Lipinski definition) is 3. The Balaban J connectivity index is 2.34. The Bertz CT molecular complexity index is 519. The first-order chi connectivity index (χ1) is 7.66. The molecule has 1 N–H and O–H groups in total. The van der Waals surface area contributed by atoms with Crippen LogP contribution in [0.5, 0.6) is 0 Å². The van der Waals surface area contributed by atoms with E-state index in [9.17, 15) is 0 Å². The number of rotatable bonds is 2. The van der Waals surface area contributed by atoms with Gasteiger partial charge in [-0.15, -0.1) is 0 Å². The molecule has 2 rings (SSSR count). The normalized spacial score (nSPS) is 10.2. The Kier molecular flexibility index (Phi) is 3.63. The second-order valence-electron chi connectivity index (χ2n) is 2.94. The highest BCUT2D eigenvalue weighted by molar-refractivity contribution is 9.10. The van der Waals surface area contributed by atoms with Gasteiger partial charge in [-0.2, -0.15) is 4.98 Å². The quantitative estimate of drug-likeness (QED) is 0.839. The van der Waals surface area contributed by atoms with Gasteiger partial charge in [-0.1, -0.05) is 23.7 Å². The van der Waals surface area contributed by atoms with E-state index in [1.807, 2.05) is 24.3 Å². The van der Waals surface area contributed by atoms with Crippen LogP contribution < -0.4 is 5.32 Å². The third kappa shape index (κ3) is 2.64. The predicted molar refractivity (Wildman–Crippen MR) is 69.5 cm³/mol. The number of nitrogens with zero attached hydrogens (tertiary/aromatic N) is 2. The van der Waals surface area contributed by atoms with Crippen molar-refractivity contribution in [3.63, 3.8) is 0 Å². The van der Waals surface area contributed by atoms with E-state index >= 15 is 0 Å². The number of aromatic nitrogens is 2. The lowest BCUT2D eigenvalue weighted by Gasteiger charge is -2.08. The van der Waals surface area contributed by atoms with Crippen molar-refractivity contribution in [3.8, 4) is 0 Å². The molecule has 0 amide bonds. The number of nitrogens with one attached hydrogen (secondary N) is 1. The summed E-state index contributed by atoms with van der Waals surface area (Å²) in [4.78, 5) is 7.77. The lowest BCUT2D eigenvalue weighted by atomic mass is 10.3. The van der Waals surface area contributed by atoms with Gasteiger partial charge in [0.1, 0.15) is 5.02 Å². The van der Waals surface area contributed by atoms with Crippen molar-refractivity contribution < 1.29 is 0 Å². The molecule has 2 aromatic rings. The molecule has 0 unspecified atom stereocenters. The van der Waals surface area contributed by atoms with E-state index < -0.39 is 0 Å². The van der Waals surface area contributed by atoms with Crippen molar-refractivity contribution in [1.29, 1.82) is 0 Å². The van der Waals surface area contributed by atoms with Crippen molar-refractivity contribution in [3.05, 3.63) is 45.2 Å². The van der Waals surface area contributed by atoms with Gasteiger partial charge in [-0.3, -0.25) is 0 Å². The molecule has 0 atom stereocenters. The highest BCUT2D eigenvalue weighted by atomic mass is 79.9. The number of para-hydroxylation sites is 1. The first-order valence-electron chi connectivity index (χ1n) is 4.36. The molecule has 16 heavy (non-hydrogen) atoms. The molecule has 0 bridgehead atoms. The molecular formula is C10H6BrCl2N3. The maximum absolute atomic E-state index is 5.94. The van der Waals surface area contributed by atoms with Crippen LogP contribution in [0.4, 0.5) is 11.5 Å². The van der Waals surface area contributed by atoms with Gasteiger partial charge in [0, 0.05) is 4.47 Å². The van der Waals surface area contributed by atoms with Crippen LogP contribution in [0.1, 0.15) is 0 Å². The third-order valence-corrected chi connectivity index (χ3v) is 2.99. The van der Waals surface area contributed by atoms with Crippen LogP contribution in [-0.2, 0) is 0 Å². The molecule has 6 heteroatoms. The molecule has 0 saturated carbocycles. The summed E-state index contributed by atoms with van der Waals surface area (Å²) in [6.45, 7) is 0. The van der Waals surface area contributed by atoms with Crippen LogP contribution in [0.25, 0.3) is 0 Å². The first kappa shape index (κ1) is 11.6. The topological polar surface area (TPSA) is 37.8 Å². The zero-order valence-electron chi connectivity index (χ0n) is 7.92. The molecule has 1 heterocycles. The zero-order valence-corrected chi connectivity index (χ0v) is 11.0. The summed E-state index contributed by atoms with van der Waals surface area (Å²) in [5.41, 5.74) is 0.860. The van der Waals surface area contributed by atoms with E-state index in [-0.39, 0.29) is 5.28 Å². The largest absolute Gasteiger partial charge is 0.338 e. The van der Waals surface area contributed by atoms with E-state index in [2.05, 4.69) is 31.2 Å². The van der Waals surface area contributed by atoms with Gasteiger partial charge in [0.25, 0.3) is 0 Å². The summed E-state index contributed by atoms with van der Waals surface area (Å²) in [6, 6.07) is 7.64. The fourth-order valence-electron chi connectivity index (χ4n) is 1.12. The lowest BCUT2D eigenvalue weighted by Crippen LogP contribution is -1.96. The van der Waals surface area contributed by atoms with Crippen molar-refractivity contribution in [2.75, 3.05) is 5.32 Å². The van der Waals surface area contributed by atoms with Crippen molar-refractivity contribution in [2.45, 2.75) is 0 Å². The van der Waals surface area contributed by atoms with Gasteiger partial charge < -0.3 is 5.32 Å². The fraction of sp³-hybridized carbons (Fsp3) is 0. The summed E-state index contributed by atoms with van der Waals surface area (Å²) in [5, 5.41) is 3.64. The minimum absolute atomic E-state index is 0.152. The van der Waals surface area contributed by atoms with E-state index in [0.29, 0.717) is 10.8 Å². The number of benzene rings is 1. The molecule has 1 aromatic carbocycles. The molecule has 82 valence electrons. The summed E-state index contributed by atoms with van der Waals surface area (Å²) >= 11 is 15.0. The molecular weight excluding hydrogens is 313 g/mol. The third-order valence-electron chi connectivity index (χ3n) is 1.84. The van der Waals surface area contributed by atoms with Crippen LogP contribution in [0, 0.1) is 0 Å². The highest BCUT2D eigenvalue weighted by Gasteiger charge is 2.06. The number of hydrogen-bond donors (Lipinski definition) is 1. The van der Waals surface area contributed by atoms with Crippen molar-refractivity contribution >= 4 is 50.6 Å². The Morgan fingerprint density at radius 1 is 1.19 bits per heavy atom. The molecule has 0 saturated heterocycles. The summed E-state index contributed by atoms with van der Waals surface area (Å²) in [7, 11) is 0. The summed E-state index contributed by atoms with van der Waals surface area (Å²) < 4.78 is 0.917. The van der Waals surface area contributed by atoms with Crippen LogP contribution in [0.15, 0.2) is 34.9 Å². The fourth-order valence-corrected chi connectivity index (χ4v) is 1.78. The molecule has 0 fully saturated rings. The maximum atomic E-state index is 5.94. The summed E-state index contributed by atoms with van der Waals surface area (Å²) in [6.07, 6.45) is 1.45. The van der Waals surface area contributed by atoms with Crippen LogP contribution in [0.3, 0.4) is 0 Å². The lowest BCUT2D eigenvalue weighted by molar-refractivity contribution is 1.17. The van der Waals surface area contributed by atoms with Crippen LogP contribution in [-0.4, -0.2) is 9.97 Å². The van der Waals surface area contributed by atoms with E-state index in [0.717, 1.165) is 10.2 Å². The van der Waals surface area contributed by atoms with E-state index in [4.69, 9.17) is 23.2 Å². The molecule has 3 nitrogen and oxygen atoms in total. The molecule has 0 aliphatic rings. The van der Waals surface area contributed by atoms with Gasteiger partial charge in [-0.25, -0.2) is 4.98 Å². The predicted octanol–water partition coefficient (Wildman–Crippen LogP) is 4.29. The second-order valence-corrected chi connectivity index (χ2v) is 4.54. The minimum Gasteiger partial charge on any atom is -0.338 e. The Morgan fingerprint density at radius 2 is 1.94 bits per heavy atom. The Morgan fingerprint density at radius 3 is 2.69 bits per heavy atom. The molecule has 0 aliphatic carbocycles. The average Bonchev–Trinajstić information content (AvgIpc) is 2.27. The van der Waals surface area contributed by atoms with E-state index in [1.54, 1.807) is 0 Å². The monoisotopic (exact) mass is 317 g/mol. The van der Waals surface area contributed by atoms with Gasteiger partial charge >= 0.3 is 0 Å². The summed E-state index contributed by atoms with van der Waals surface area (Å²) in [5.74, 6) is 0.480. The standard InChI is InChI=1S/C10H6BrCl2N3/c11-6-3-1-2-4-8(6)15-9-7(12)5-14-10(13)16-9/h1-5H,(H,14,15,16). The highest BCUT2D eigenvalue weighted by Crippen LogP contribution is 2.28. The van der Waals surface area contributed by atoms with Gasteiger partial charge in [0.05, 0.1) is 11.9 Å². The van der Waals surface area contributed by atoms with Crippen LogP contribution >= 0.6 is 39.1 Å². The van der Waals surface area contributed by atoms with Crippen molar-refractivity contribution in [2.24, 2.45) is 0 Å². The first-order valence-corrected chi connectivity index (χ1v) is 5.91. The Labute approximate surface area is 111 Å².